The number of alkyl carbamates (subject to hydrolysis) is 1. The number of aliphatic imine (C=N–C) groups is 1. The number of nitrogens with zero attached hydrogens (tertiary/aromatic N) is 2. The number of hydrogen-bond acceptors (Lipinski definition) is 6. The van der Waals surface area contributed by atoms with Crippen LogP contribution in [-0.4, -0.2) is 48.0 Å². The molecule has 9 heteroatoms. The Hall–Kier alpha value is -1.87. The van der Waals surface area contributed by atoms with E-state index < -0.39 is 11.7 Å². The number of carbonyl (C=O) groups is 2. The first-order chi connectivity index (χ1) is 13.6. The molecule has 1 aliphatic rings. The van der Waals surface area contributed by atoms with E-state index in [4.69, 9.17) is 10.5 Å². The molecule has 0 atom stereocenters. The third-order valence-corrected chi connectivity index (χ3v) is 5.55. The highest BCUT2D eigenvalue weighted by molar-refractivity contribution is 9.11. The quantitative estimate of drug-likeness (QED) is 0.558. The Morgan fingerprint density at radius 1 is 1.38 bits per heavy atom. The molecule has 29 heavy (non-hydrogen) atoms. The number of amidine groups is 1. The van der Waals surface area contributed by atoms with Crippen molar-refractivity contribution in [3.63, 3.8) is 0 Å². The van der Waals surface area contributed by atoms with Crippen molar-refractivity contribution < 1.29 is 14.3 Å². The molecule has 0 radical (unpaired) electrons. The molecule has 1 aromatic rings. The van der Waals surface area contributed by atoms with Gasteiger partial charge in [-0.2, -0.15) is 0 Å². The van der Waals surface area contributed by atoms with Crippen molar-refractivity contribution in [2.24, 2.45) is 10.7 Å². The van der Waals surface area contributed by atoms with Crippen LogP contribution in [0.25, 0.3) is 6.08 Å². The zero-order chi connectivity index (χ0) is 21.6. The highest BCUT2D eigenvalue weighted by atomic mass is 79.9. The van der Waals surface area contributed by atoms with Crippen LogP contribution < -0.4 is 11.1 Å². The van der Waals surface area contributed by atoms with Gasteiger partial charge in [-0.3, -0.25) is 4.79 Å². The Morgan fingerprint density at radius 2 is 2.10 bits per heavy atom. The van der Waals surface area contributed by atoms with Gasteiger partial charge >= 0.3 is 6.09 Å². The summed E-state index contributed by atoms with van der Waals surface area (Å²) in [6.45, 7) is 9.11. The Bertz CT molecular complexity index is 811. The van der Waals surface area contributed by atoms with Gasteiger partial charge < -0.3 is 20.7 Å². The molecule has 0 aliphatic carbocycles. The molecule has 1 aromatic heterocycles. The molecule has 0 saturated carbocycles. The predicted octanol–water partition coefficient (Wildman–Crippen LogP) is 4.44. The molecule has 7 nitrogen and oxygen atoms in total. The summed E-state index contributed by atoms with van der Waals surface area (Å²) in [5.41, 5.74) is 6.92. The van der Waals surface area contributed by atoms with Gasteiger partial charge in [-0.05, 0) is 61.7 Å². The number of amides is 2. The van der Waals surface area contributed by atoms with Crippen LogP contribution in [0, 0.1) is 0 Å². The van der Waals surface area contributed by atoms with Crippen LogP contribution in [0.3, 0.4) is 0 Å². The van der Waals surface area contributed by atoms with Crippen LogP contribution in [0.1, 0.15) is 51.8 Å². The van der Waals surface area contributed by atoms with E-state index in [1.54, 1.807) is 0 Å². The van der Waals surface area contributed by atoms with E-state index in [2.05, 4.69) is 26.2 Å². The van der Waals surface area contributed by atoms with Gasteiger partial charge in [0.25, 0.3) is 0 Å². The summed E-state index contributed by atoms with van der Waals surface area (Å²) in [5, 5.41) is 2.73. The van der Waals surface area contributed by atoms with Gasteiger partial charge in [0.2, 0.25) is 5.91 Å². The summed E-state index contributed by atoms with van der Waals surface area (Å²) in [4.78, 5) is 32.0. The molecule has 3 N–H and O–H groups in total. The highest BCUT2D eigenvalue weighted by Crippen LogP contribution is 2.37. The van der Waals surface area contributed by atoms with Crippen molar-refractivity contribution in [3.8, 4) is 0 Å². The van der Waals surface area contributed by atoms with Crippen LogP contribution in [0.4, 0.5) is 10.5 Å². The van der Waals surface area contributed by atoms with E-state index in [0.717, 1.165) is 20.8 Å². The molecule has 0 spiro atoms. The Labute approximate surface area is 184 Å². The second-order valence-corrected chi connectivity index (χ2v) is 10.3. The van der Waals surface area contributed by atoms with E-state index in [-0.39, 0.29) is 5.91 Å². The summed E-state index contributed by atoms with van der Waals surface area (Å²) in [6.07, 6.45) is 3.25. The van der Waals surface area contributed by atoms with Gasteiger partial charge in [0.15, 0.2) is 0 Å². The number of halogens is 1. The van der Waals surface area contributed by atoms with Crippen molar-refractivity contribution in [2.45, 2.75) is 52.6 Å². The van der Waals surface area contributed by atoms with E-state index in [9.17, 15) is 9.59 Å². The molecular weight excluding hydrogens is 456 g/mol. The van der Waals surface area contributed by atoms with Crippen molar-refractivity contribution in [1.82, 2.24) is 10.2 Å². The SMILES string of the molecule is CCCN(CCCNC(=O)OC(C)(C)C)C(=O)C1=Cc2sc(Br)cc2N=C(N)C1. The molecular formula is C20H29BrN4O3S. The van der Waals surface area contributed by atoms with E-state index >= 15 is 0 Å². The first-order valence-electron chi connectivity index (χ1n) is 9.68. The smallest absolute Gasteiger partial charge is 0.407 e. The molecule has 2 amide bonds. The number of carbonyl (C=O) groups excluding carboxylic acids is 2. The minimum absolute atomic E-state index is 0.0420. The number of rotatable bonds is 7. The zero-order valence-corrected chi connectivity index (χ0v) is 19.8. The lowest BCUT2D eigenvalue weighted by atomic mass is 10.1. The minimum atomic E-state index is -0.530. The van der Waals surface area contributed by atoms with E-state index in [1.807, 2.05) is 44.7 Å². The Kier molecular flexibility index (Phi) is 8.27. The average molecular weight is 485 g/mol. The number of thiophene rings is 1. The topological polar surface area (TPSA) is 97.0 Å². The third kappa shape index (κ3) is 7.47. The molecule has 0 bridgehead atoms. The summed E-state index contributed by atoms with van der Waals surface area (Å²) in [6, 6.07) is 1.91. The molecule has 2 rings (SSSR count). The summed E-state index contributed by atoms with van der Waals surface area (Å²) in [5.74, 6) is 0.385. The van der Waals surface area contributed by atoms with Crippen LogP contribution in [0.5, 0.6) is 0 Å². The number of nitrogens with two attached hydrogens (primary N) is 1. The number of fused-ring (bicyclic) bond motifs is 1. The fourth-order valence-electron chi connectivity index (χ4n) is 2.85. The summed E-state index contributed by atoms with van der Waals surface area (Å²) in [7, 11) is 0. The lowest BCUT2D eigenvalue weighted by molar-refractivity contribution is -0.127. The number of hydrogen-bond donors (Lipinski definition) is 2. The molecule has 0 unspecified atom stereocenters. The third-order valence-electron chi connectivity index (χ3n) is 3.98. The van der Waals surface area contributed by atoms with E-state index in [1.165, 1.54) is 11.3 Å². The molecule has 2 heterocycles. The van der Waals surface area contributed by atoms with Crippen molar-refractivity contribution in [2.75, 3.05) is 19.6 Å². The lowest BCUT2D eigenvalue weighted by Gasteiger charge is -2.24. The fourth-order valence-corrected chi connectivity index (χ4v) is 4.39. The van der Waals surface area contributed by atoms with Gasteiger partial charge in [0, 0.05) is 31.6 Å². The first-order valence-corrected chi connectivity index (χ1v) is 11.3. The standard InChI is InChI=1S/C20H29BrN4O3S/c1-5-8-25(9-6-7-23-19(27)28-20(2,3)4)18(26)13-10-15-14(12-16(21)29-15)24-17(22)11-13/h10,12H,5-9,11H2,1-4H3,(H2,22,24)(H,23,27). The number of ether oxygens (including phenoxy) is 1. The molecule has 0 aromatic carbocycles. The average Bonchev–Trinajstić information content (AvgIpc) is 2.85. The van der Waals surface area contributed by atoms with Gasteiger partial charge in [-0.25, -0.2) is 9.79 Å². The molecule has 160 valence electrons. The highest BCUT2D eigenvalue weighted by Gasteiger charge is 2.22. The zero-order valence-electron chi connectivity index (χ0n) is 17.4. The molecule has 1 aliphatic heterocycles. The van der Waals surface area contributed by atoms with Crippen LogP contribution >= 0.6 is 27.3 Å². The molecule has 0 fully saturated rings. The van der Waals surface area contributed by atoms with Crippen LogP contribution in [-0.2, 0) is 9.53 Å². The number of nitrogens with one attached hydrogen (secondary N) is 1. The maximum atomic E-state index is 13.1. The Balaban J connectivity index is 1.99. The minimum Gasteiger partial charge on any atom is -0.444 e. The summed E-state index contributed by atoms with van der Waals surface area (Å²) >= 11 is 4.99. The second-order valence-electron chi connectivity index (χ2n) is 7.82. The maximum Gasteiger partial charge on any atom is 0.407 e. The van der Waals surface area contributed by atoms with Crippen molar-refractivity contribution >= 4 is 56.9 Å². The lowest BCUT2D eigenvalue weighted by Crippen LogP contribution is -2.37. The largest absolute Gasteiger partial charge is 0.444 e. The van der Waals surface area contributed by atoms with Gasteiger partial charge in [-0.15, -0.1) is 11.3 Å². The maximum absolute atomic E-state index is 13.1. The van der Waals surface area contributed by atoms with Gasteiger partial charge in [0.05, 0.1) is 14.4 Å². The predicted molar refractivity (Wildman–Crippen MR) is 122 cm³/mol. The van der Waals surface area contributed by atoms with Crippen LogP contribution in [0.2, 0.25) is 0 Å². The monoisotopic (exact) mass is 484 g/mol. The van der Waals surface area contributed by atoms with E-state index in [0.29, 0.717) is 43.9 Å². The fraction of sp³-hybridized carbons (Fsp3) is 0.550. The Morgan fingerprint density at radius 3 is 2.76 bits per heavy atom. The first kappa shape index (κ1) is 23.4. The van der Waals surface area contributed by atoms with Crippen LogP contribution in [0.15, 0.2) is 20.4 Å². The normalized spacial score (nSPS) is 13.7. The second kappa shape index (κ2) is 10.2. The van der Waals surface area contributed by atoms with Crippen molar-refractivity contribution in [1.29, 1.82) is 0 Å². The summed E-state index contributed by atoms with van der Waals surface area (Å²) < 4.78 is 6.17. The van der Waals surface area contributed by atoms with Crippen molar-refractivity contribution in [3.05, 3.63) is 20.3 Å². The molecule has 0 saturated heterocycles. The van der Waals surface area contributed by atoms with Gasteiger partial charge in [-0.1, -0.05) is 6.92 Å². The van der Waals surface area contributed by atoms with Gasteiger partial charge in [0.1, 0.15) is 11.4 Å².